The van der Waals surface area contributed by atoms with Crippen LogP contribution in [0.4, 0.5) is 0 Å². The van der Waals surface area contributed by atoms with E-state index in [9.17, 15) is 4.79 Å². The number of hydrogen-bond acceptors (Lipinski definition) is 4. The highest BCUT2D eigenvalue weighted by Crippen LogP contribution is 2.18. The molecule has 1 aromatic carbocycles. The van der Waals surface area contributed by atoms with Crippen molar-refractivity contribution in [1.29, 1.82) is 0 Å². The number of aromatic nitrogens is 2. The molecule has 2 heterocycles. The van der Waals surface area contributed by atoms with Crippen LogP contribution in [0.2, 0.25) is 0 Å². The molecule has 8 heteroatoms. The van der Waals surface area contributed by atoms with Crippen molar-refractivity contribution < 1.29 is 4.79 Å². The first-order valence-corrected chi connectivity index (χ1v) is 7.87. The number of benzene rings is 1. The van der Waals surface area contributed by atoms with Crippen LogP contribution in [0, 0.1) is 5.92 Å². The second kappa shape index (κ2) is 9.56. The van der Waals surface area contributed by atoms with Gasteiger partial charge in [0, 0.05) is 24.2 Å². The summed E-state index contributed by atoms with van der Waals surface area (Å²) in [7, 11) is 0. The number of carbonyl (C=O) groups excluding carboxylic acids is 1. The molecule has 0 saturated heterocycles. The fraction of sp³-hybridized carbons (Fsp3) is 0.353. The minimum absolute atomic E-state index is 0. The Bertz CT molecular complexity index is 727. The van der Waals surface area contributed by atoms with Crippen LogP contribution in [0.25, 0.3) is 5.69 Å². The number of imidazole rings is 1. The lowest BCUT2D eigenvalue weighted by Crippen LogP contribution is -2.31. The molecule has 6 nitrogen and oxygen atoms in total. The molecule has 1 atom stereocenters. The zero-order valence-corrected chi connectivity index (χ0v) is 15.6. The van der Waals surface area contributed by atoms with Crippen molar-refractivity contribution in [2.75, 3.05) is 6.54 Å². The van der Waals surface area contributed by atoms with E-state index in [4.69, 9.17) is 5.73 Å². The largest absolute Gasteiger partial charge is 0.330 e. The highest BCUT2D eigenvalue weighted by molar-refractivity contribution is 6.05. The highest BCUT2D eigenvalue weighted by Gasteiger charge is 2.21. The molecule has 1 aliphatic rings. The van der Waals surface area contributed by atoms with E-state index in [0.717, 1.165) is 35.5 Å². The topological polar surface area (TPSA) is 85.3 Å². The Morgan fingerprint density at radius 3 is 2.64 bits per heavy atom. The normalized spacial score (nSPS) is 16.3. The fourth-order valence-electron chi connectivity index (χ4n) is 2.72. The van der Waals surface area contributed by atoms with Crippen LogP contribution in [0.1, 0.15) is 31.0 Å². The highest BCUT2D eigenvalue weighted by atomic mass is 35.5. The zero-order chi connectivity index (χ0) is 16.2. The van der Waals surface area contributed by atoms with Crippen LogP contribution < -0.4 is 11.2 Å². The Balaban J connectivity index is 0.00000156. The van der Waals surface area contributed by atoms with Crippen LogP contribution in [0.3, 0.4) is 0 Å². The molecule has 1 amide bonds. The molecule has 0 spiro atoms. The zero-order valence-electron chi connectivity index (χ0n) is 14.0. The number of hydrogen-bond donors (Lipinski definition) is 2. The molecule has 1 aromatic heterocycles. The molecule has 2 aromatic rings. The maximum atomic E-state index is 11.3. The van der Waals surface area contributed by atoms with Crippen molar-refractivity contribution in [3.8, 4) is 5.69 Å². The van der Waals surface area contributed by atoms with Crippen molar-refractivity contribution >= 4 is 36.4 Å². The standard InChI is InChI=1S/C17H21N5O.2ClH/c1-12-9-16(23)20-21-17(12)13-4-6-15(7-5-13)22-10-14(19-11-22)3-2-8-18;;/h4-7,10-12H,2-3,8-9,18H2,1H3,(H,20,23);2*1H. The summed E-state index contributed by atoms with van der Waals surface area (Å²) in [5, 5.41) is 4.19. The summed E-state index contributed by atoms with van der Waals surface area (Å²) in [6, 6.07) is 8.13. The average molecular weight is 384 g/mol. The molecular weight excluding hydrogens is 361 g/mol. The first-order valence-electron chi connectivity index (χ1n) is 7.87. The first kappa shape index (κ1) is 21.2. The van der Waals surface area contributed by atoms with Gasteiger partial charge in [-0.25, -0.2) is 10.4 Å². The van der Waals surface area contributed by atoms with Gasteiger partial charge in [-0.3, -0.25) is 4.79 Å². The van der Waals surface area contributed by atoms with Crippen LogP contribution in [-0.4, -0.2) is 27.7 Å². The van der Waals surface area contributed by atoms with Crippen molar-refractivity contribution in [3.05, 3.63) is 48.0 Å². The number of rotatable bonds is 5. The van der Waals surface area contributed by atoms with Gasteiger partial charge < -0.3 is 10.3 Å². The van der Waals surface area contributed by atoms with Gasteiger partial charge in [-0.1, -0.05) is 19.1 Å². The molecule has 1 aliphatic heterocycles. The fourth-order valence-corrected chi connectivity index (χ4v) is 2.72. The molecular formula is C17H23Cl2N5O. The van der Waals surface area contributed by atoms with Gasteiger partial charge in [-0.05, 0) is 37.1 Å². The van der Waals surface area contributed by atoms with Gasteiger partial charge in [-0.15, -0.1) is 24.8 Å². The Labute approximate surface area is 159 Å². The van der Waals surface area contributed by atoms with Gasteiger partial charge in [0.05, 0.1) is 17.7 Å². The van der Waals surface area contributed by atoms with Gasteiger partial charge in [0.15, 0.2) is 0 Å². The van der Waals surface area contributed by atoms with Crippen molar-refractivity contribution in [1.82, 2.24) is 15.0 Å². The van der Waals surface area contributed by atoms with E-state index in [2.05, 4.69) is 15.5 Å². The van der Waals surface area contributed by atoms with Gasteiger partial charge in [0.25, 0.3) is 0 Å². The third-order valence-corrected chi connectivity index (χ3v) is 3.99. The molecule has 0 fully saturated rings. The quantitative estimate of drug-likeness (QED) is 0.831. The van der Waals surface area contributed by atoms with Crippen LogP contribution >= 0.6 is 24.8 Å². The summed E-state index contributed by atoms with van der Waals surface area (Å²) in [6.07, 6.45) is 6.18. The SMILES string of the molecule is CC1CC(=O)NN=C1c1ccc(-n2cnc(CCCN)c2)cc1.Cl.Cl. The van der Waals surface area contributed by atoms with Crippen molar-refractivity contribution in [2.24, 2.45) is 16.8 Å². The maximum Gasteiger partial charge on any atom is 0.240 e. The number of nitrogens with two attached hydrogens (primary N) is 1. The van der Waals surface area contributed by atoms with Gasteiger partial charge in [0.1, 0.15) is 0 Å². The lowest BCUT2D eigenvalue weighted by molar-refractivity contribution is -0.121. The van der Waals surface area contributed by atoms with Gasteiger partial charge >= 0.3 is 0 Å². The number of hydrazone groups is 1. The number of amides is 1. The molecule has 0 radical (unpaired) electrons. The Kier molecular flexibility index (Phi) is 8.09. The summed E-state index contributed by atoms with van der Waals surface area (Å²) in [4.78, 5) is 15.7. The molecule has 0 saturated carbocycles. The predicted molar refractivity (Wildman–Crippen MR) is 104 cm³/mol. The van der Waals surface area contributed by atoms with Crippen molar-refractivity contribution in [2.45, 2.75) is 26.2 Å². The number of nitrogens with zero attached hydrogens (tertiary/aromatic N) is 3. The second-order valence-electron chi connectivity index (χ2n) is 5.85. The van der Waals surface area contributed by atoms with Gasteiger partial charge in [-0.2, -0.15) is 5.10 Å². The number of halogens is 2. The molecule has 0 aliphatic carbocycles. The smallest absolute Gasteiger partial charge is 0.240 e. The molecule has 0 bridgehead atoms. The summed E-state index contributed by atoms with van der Waals surface area (Å²) >= 11 is 0. The van der Waals surface area contributed by atoms with E-state index in [1.54, 1.807) is 0 Å². The van der Waals surface area contributed by atoms with E-state index in [0.29, 0.717) is 13.0 Å². The van der Waals surface area contributed by atoms with Crippen LogP contribution in [0.5, 0.6) is 0 Å². The van der Waals surface area contributed by atoms with E-state index in [1.807, 2.05) is 48.3 Å². The Morgan fingerprint density at radius 1 is 1.28 bits per heavy atom. The summed E-state index contributed by atoms with van der Waals surface area (Å²) in [5.41, 5.74) is 12.1. The second-order valence-corrected chi connectivity index (χ2v) is 5.85. The molecule has 25 heavy (non-hydrogen) atoms. The summed E-state index contributed by atoms with van der Waals surface area (Å²) in [6.45, 7) is 2.70. The minimum Gasteiger partial charge on any atom is -0.330 e. The van der Waals surface area contributed by atoms with Crippen LogP contribution in [-0.2, 0) is 11.2 Å². The molecule has 136 valence electrons. The third kappa shape index (κ3) is 5.04. The molecule has 1 unspecified atom stereocenters. The van der Waals surface area contributed by atoms with Crippen LogP contribution in [0.15, 0.2) is 41.9 Å². The summed E-state index contributed by atoms with van der Waals surface area (Å²) in [5.74, 6) is 0.104. The lowest BCUT2D eigenvalue weighted by Gasteiger charge is -2.19. The third-order valence-electron chi connectivity index (χ3n) is 3.99. The molecule has 3 N–H and O–H groups in total. The predicted octanol–water partition coefficient (Wildman–Crippen LogP) is 2.47. The minimum atomic E-state index is -0.0266. The lowest BCUT2D eigenvalue weighted by atomic mass is 9.94. The maximum absolute atomic E-state index is 11.3. The van der Waals surface area contributed by atoms with E-state index < -0.39 is 0 Å². The number of nitrogens with one attached hydrogen (secondary N) is 1. The van der Waals surface area contributed by atoms with E-state index in [-0.39, 0.29) is 36.6 Å². The number of aryl methyl sites for hydroxylation is 1. The van der Waals surface area contributed by atoms with Crippen molar-refractivity contribution in [3.63, 3.8) is 0 Å². The molecule has 3 rings (SSSR count). The van der Waals surface area contributed by atoms with E-state index in [1.165, 1.54) is 0 Å². The van der Waals surface area contributed by atoms with E-state index >= 15 is 0 Å². The Hall–Kier alpha value is -1.89. The average Bonchev–Trinajstić information content (AvgIpc) is 3.02. The Morgan fingerprint density at radius 2 is 2.00 bits per heavy atom. The van der Waals surface area contributed by atoms with Gasteiger partial charge in [0.2, 0.25) is 5.91 Å². The first-order chi connectivity index (χ1) is 11.2. The summed E-state index contributed by atoms with van der Waals surface area (Å²) < 4.78 is 2.00. The number of carbonyl (C=O) groups is 1. The monoisotopic (exact) mass is 383 g/mol.